The second-order valence-electron chi connectivity index (χ2n) is 3.65. The third kappa shape index (κ3) is 2.01. The predicted octanol–water partition coefficient (Wildman–Crippen LogP) is 3.86. The Balaban J connectivity index is 2.16. The summed E-state index contributed by atoms with van der Waals surface area (Å²) < 4.78 is 2.75. The zero-order chi connectivity index (χ0) is 11.8. The van der Waals surface area contributed by atoms with E-state index >= 15 is 0 Å². The second-order valence-corrected chi connectivity index (χ2v) is 5.44. The van der Waals surface area contributed by atoms with E-state index in [1.165, 1.54) is 4.88 Å². The first-order valence-electron chi connectivity index (χ1n) is 4.99. The van der Waals surface area contributed by atoms with Crippen molar-refractivity contribution < 1.29 is 0 Å². The average molecular weight is 282 g/mol. The number of imidazole rings is 1. The Bertz CT molecular complexity index is 712. The van der Waals surface area contributed by atoms with E-state index in [1.807, 2.05) is 29.9 Å². The van der Waals surface area contributed by atoms with Gasteiger partial charge in [0.2, 0.25) is 0 Å². The normalized spacial score (nSPS) is 11.1. The van der Waals surface area contributed by atoms with Crippen LogP contribution in [0.5, 0.6) is 0 Å². The number of halogens is 1. The standard InChI is InChI=1S/C11H8ClN3S2/c12-7-1-2-10-9(3-7)14-11(16)15(10)5-8-4-13-6-17-8/h1-4,6H,5H2,(H,14,16). The number of nitrogens with zero attached hydrogens (tertiary/aromatic N) is 2. The molecule has 17 heavy (non-hydrogen) atoms. The van der Waals surface area contributed by atoms with Crippen LogP contribution < -0.4 is 0 Å². The van der Waals surface area contributed by atoms with E-state index in [-0.39, 0.29) is 0 Å². The fourth-order valence-corrected chi connectivity index (χ4v) is 2.80. The number of aromatic nitrogens is 3. The molecular formula is C11H8ClN3S2. The van der Waals surface area contributed by atoms with Crippen molar-refractivity contribution in [3.8, 4) is 0 Å². The van der Waals surface area contributed by atoms with Crippen LogP contribution in [0.4, 0.5) is 0 Å². The molecule has 3 rings (SSSR count). The number of fused-ring (bicyclic) bond motifs is 1. The summed E-state index contributed by atoms with van der Waals surface area (Å²) in [4.78, 5) is 8.40. The summed E-state index contributed by atoms with van der Waals surface area (Å²) in [7, 11) is 0. The fourth-order valence-electron chi connectivity index (χ4n) is 1.77. The minimum atomic E-state index is 0.704. The van der Waals surface area contributed by atoms with E-state index < -0.39 is 0 Å². The molecule has 3 nitrogen and oxygen atoms in total. The van der Waals surface area contributed by atoms with Crippen LogP contribution in [0, 0.1) is 4.77 Å². The number of H-pyrrole nitrogens is 1. The Hall–Kier alpha value is -1.17. The van der Waals surface area contributed by atoms with E-state index in [1.54, 1.807) is 11.3 Å². The molecule has 2 heterocycles. The van der Waals surface area contributed by atoms with Crippen molar-refractivity contribution in [1.82, 2.24) is 14.5 Å². The van der Waals surface area contributed by atoms with Gasteiger partial charge in [-0.15, -0.1) is 11.3 Å². The van der Waals surface area contributed by atoms with Crippen LogP contribution in [0.25, 0.3) is 11.0 Å². The predicted molar refractivity (Wildman–Crippen MR) is 73.3 cm³/mol. The number of nitrogens with one attached hydrogen (secondary N) is 1. The van der Waals surface area contributed by atoms with Gasteiger partial charge in [0, 0.05) is 16.1 Å². The third-order valence-electron chi connectivity index (χ3n) is 2.53. The summed E-state index contributed by atoms with van der Waals surface area (Å²) in [6, 6.07) is 5.73. The number of rotatable bonds is 2. The maximum atomic E-state index is 5.95. The smallest absolute Gasteiger partial charge is 0.178 e. The van der Waals surface area contributed by atoms with Gasteiger partial charge in [-0.1, -0.05) is 11.6 Å². The molecule has 3 aromatic rings. The molecule has 0 unspecified atom stereocenters. The van der Waals surface area contributed by atoms with Crippen LogP contribution >= 0.6 is 35.2 Å². The van der Waals surface area contributed by atoms with E-state index in [9.17, 15) is 0 Å². The highest BCUT2D eigenvalue weighted by Crippen LogP contribution is 2.20. The molecule has 0 spiro atoms. The molecule has 1 aromatic carbocycles. The van der Waals surface area contributed by atoms with Crippen molar-refractivity contribution in [3.05, 3.63) is 44.6 Å². The lowest BCUT2D eigenvalue weighted by Gasteiger charge is -2.01. The van der Waals surface area contributed by atoms with Crippen LogP contribution in [0.3, 0.4) is 0 Å². The van der Waals surface area contributed by atoms with Crippen molar-refractivity contribution in [3.63, 3.8) is 0 Å². The molecule has 0 saturated heterocycles. The van der Waals surface area contributed by atoms with Gasteiger partial charge in [0.1, 0.15) is 0 Å². The SMILES string of the molecule is S=c1[nH]c2cc(Cl)ccc2n1Cc1cncs1. The lowest BCUT2D eigenvalue weighted by atomic mass is 10.3. The van der Waals surface area contributed by atoms with Gasteiger partial charge in [-0.25, -0.2) is 0 Å². The van der Waals surface area contributed by atoms with Crippen LogP contribution in [0.2, 0.25) is 5.02 Å². The highest BCUT2D eigenvalue weighted by molar-refractivity contribution is 7.71. The van der Waals surface area contributed by atoms with Crippen molar-refractivity contribution in [2.24, 2.45) is 0 Å². The van der Waals surface area contributed by atoms with Gasteiger partial charge in [-0.3, -0.25) is 4.98 Å². The summed E-state index contributed by atoms with van der Waals surface area (Å²) in [5.74, 6) is 0. The lowest BCUT2D eigenvalue weighted by Crippen LogP contribution is -1.97. The average Bonchev–Trinajstić information content (AvgIpc) is 2.88. The summed E-state index contributed by atoms with van der Waals surface area (Å²) in [5.41, 5.74) is 3.85. The van der Waals surface area contributed by atoms with E-state index in [0.717, 1.165) is 17.6 Å². The molecule has 0 saturated carbocycles. The molecule has 6 heteroatoms. The van der Waals surface area contributed by atoms with E-state index in [0.29, 0.717) is 9.79 Å². The van der Waals surface area contributed by atoms with Gasteiger partial charge in [0.05, 0.1) is 23.1 Å². The molecule has 2 aromatic heterocycles. The molecule has 0 aliphatic carbocycles. The lowest BCUT2D eigenvalue weighted by molar-refractivity contribution is 0.821. The first-order valence-corrected chi connectivity index (χ1v) is 6.66. The first-order chi connectivity index (χ1) is 8.24. The van der Waals surface area contributed by atoms with Crippen molar-refractivity contribution >= 4 is 46.2 Å². The van der Waals surface area contributed by atoms with Gasteiger partial charge >= 0.3 is 0 Å². The van der Waals surface area contributed by atoms with Crippen LogP contribution in [-0.4, -0.2) is 14.5 Å². The number of hydrogen-bond acceptors (Lipinski definition) is 3. The van der Waals surface area contributed by atoms with Crippen molar-refractivity contribution in [1.29, 1.82) is 0 Å². The number of hydrogen-bond donors (Lipinski definition) is 1. The summed E-state index contributed by atoms with van der Waals surface area (Å²) in [5, 5.41) is 0.707. The minimum Gasteiger partial charge on any atom is -0.331 e. The molecular weight excluding hydrogens is 274 g/mol. The van der Waals surface area contributed by atoms with Crippen LogP contribution in [-0.2, 0) is 6.54 Å². The van der Waals surface area contributed by atoms with Gasteiger partial charge in [0.15, 0.2) is 4.77 Å². The monoisotopic (exact) mass is 281 g/mol. The molecule has 0 fully saturated rings. The topological polar surface area (TPSA) is 33.6 Å². The number of aromatic amines is 1. The van der Waals surface area contributed by atoms with E-state index in [4.69, 9.17) is 23.8 Å². The zero-order valence-electron chi connectivity index (χ0n) is 8.68. The highest BCUT2D eigenvalue weighted by Gasteiger charge is 2.06. The Kier molecular flexibility index (Phi) is 2.74. The minimum absolute atomic E-state index is 0.704. The van der Waals surface area contributed by atoms with E-state index in [2.05, 4.69) is 14.5 Å². The molecule has 86 valence electrons. The Labute approximate surface area is 112 Å². The summed E-state index contributed by atoms with van der Waals surface area (Å²) >= 11 is 12.9. The zero-order valence-corrected chi connectivity index (χ0v) is 11.1. The van der Waals surface area contributed by atoms with Gasteiger partial charge < -0.3 is 9.55 Å². The molecule has 0 amide bonds. The fraction of sp³-hybridized carbons (Fsp3) is 0.0909. The molecule has 0 bridgehead atoms. The Morgan fingerprint density at radius 2 is 2.35 bits per heavy atom. The molecule has 0 radical (unpaired) electrons. The second kappa shape index (κ2) is 4.25. The van der Waals surface area contributed by atoms with Gasteiger partial charge in [-0.05, 0) is 30.4 Å². The third-order valence-corrected chi connectivity index (χ3v) is 3.86. The van der Waals surface area contributed by atoms with Crippen LogP contribution in [0.15, 0.2) is 29.9 Å². The maximum Gasteiger partial charge on any atom is 0.178 e. The van der Waals surface area contributed by atoms with Crippen LogP contribution in [0.1, 0.15) is 4.88 Å². The Morgan fingerprint density at radius 1 is 1.47 bits per heavy atom. The molecule has 0 aliphatic heterocycles. The largest absolute Gasteiger partial charge is 0.331 e. The number of thiazole rings is 1. The first kappa shape index (κ1) is 11.0. The van der Waals surface area contributed by atoms with Crippen molar-refractivity contribution in [2.75, 3.05) is 0 Å². The van der Waals surface area contributed by atoms with Gasteiger partial charge in [-0.2, -0.15) is 0 Å². The highest BCUT2D eigenvalue weighted by atomic mass is 35.5. The molecule has 0 aliphatic rings. The molecule has 0 atom stereocenters. The summed E-state index contributed by atoms with van der Waals surface area (Å²) in [6.45, 7) is 0.741. The maximum absolute atomic E-state index is 5.95. The Morgan fingerprint density at radius 3 is 3.12 bits per heavy atom. The van der Waals surface area contributed by atoms with Gasteiger partial charge in [0.25, 0.3) is 0 Å². The summed E-state index contributed by atoms with van der Waals surface area (Å²) in [6.07, 6.45) is 1.86. The number of benzene rings is 1. The quantitative estimate of drug-likeness (QED) is 0.724. The molecule has 1 N–H and O–H groups in total. The van der Waals surface area contributed by atoms with Crippen molar-refractivity contribution in [2.45, 2.75) is 6.54 Å².